The summed E-state index contributed by atoms with van der Waals surface area (Å²) in [7, 11) is 0. The fraction of sp³-hybridized carbons (Fsp3) is 0.611. The zero-order valence-electron chi connectivity index (χ0n) is 13.3. The van der Waals surface area contributed by atoms with Gasteiger partial charge in [0.2, 0.25) is 0 Å². The predicted octanol–water partition coefficient (Wildman–Crippen LogP) is 2.92. The van der Waals surface area contributed by atoms with Gasteiger partial charge in [-0.05, 0) is 43.6 Å². The van der Waals surface area contributed by atoms with Gasteiger partial charge in [0.1, 0.15) is 0 Å². The Morgan fingerprint density at radius 3 is 2.76 bits per heavy atom. The molecule has 0 aromatic heterocycles. The number of likely N-dealkylation sites (tertiary alicyclic amines) is 1. The van der Waals surface area contributed by atoms with Crippen molar-refractivity contribution in [3.8, 4) is 0 Å². The van der Waals surface area contributed by atoms with E-state index in [0.717, 1.165) is 37.4 Å². The van der Waals surface area contributed by atoms with Gasteiger partial charge < -0.3 is 10.2 Å². The van der Waals surface area contributed by atoms with E-state index in [-0.39, 0.29) is 0 Å². The van der Waals surface area contributed by atoms with E-state index in [9.17, 15) is 0 Å². The first-order chi connectivity index (χ1) is 10.3. The molecule has 1 N–H and O–H groups in total. The highest BCUT2D eigenvalue weighted by molar-refractivity contribution is 5.81. The van der Waals surface area contributed by atoms with Crippen molar-refractivity contribution < 1.29 is 0 Å². The minimum absolute atomic E-state index is 0.656. The van der Waals surface area contributed by atoms with Crippen molar-refractivity contribution in [1.82, 2.24) is 10.2 Å². The van der Waals surface area contributed by atoms with Crippen LogP contribution in [0, 0.1) is 11.8 Å². The Morgan fingerprint density at radius 2 is 2.10 bits per heavy atom. The molecule has 3 nitrogen and oxygen atoms in total. The monoisotopic (exact) mass is 285 g/mol. The molecule has 0 spiro atoms. The number of guanidine groups is 1. The van der Waals surface area contributed by atoms with Gasteiger partial charge in [0, 0.05) is 25.7 Å². The molecule has 1 aromatic carbocycles. The first kappa shape index (κ1) is 14.4. The fourth-order valence-corrected chi connectivity index (χ4v) is 3.21. The van der Waals surface area contributed by atoms with Gasteiger partial charge in [-0.2, -0.15) is 0 Å². The Hall–Kier alpha value is -1.51. The third kappa shape index (κ3) is 3.78. The van der Waals surface area contributed by atoms with Crippen LogP contribution in [0.2, 0.25) is 0 Å². The van der Waals surface area contributed by atoms with Crippen LogP contribution in [0.4, 0.5) is 0 Å². The smallest absolute Gasteiger partial charge is 0.194 e. The van der Waals surface area contributed by atoms with Crippen LogP contribution >= 0.6 is 0 Å². The molecule has 2 fully saturated rings. The molecule has 3 atom stereocenters. The second kappa shape index (κ2) is 6.50. The Bertz CT molecular complexity index is 482. The van der Waals surface area contributed by atoms with Crippen LogP contribution in [0.15, 0.2) is 35.3 Å². The molecule has 1 heterocycles. The number of hydrogen-bond donors (Lipinski definition) is 1. The van der Waals surface area contributed by atoms with Crippen LogP contribution in [-0.4, -0.2) is 36.5 Å². The Labute approximate surface area is 128 Å². The van der Waals surface area contributed by atoms with Crippen molar-refractivity contribution in [3.05, 3.63) is 35.9 Å². The SMILES string of the molecule is CCN=C(NC1CC1C)N1CCC(Cc2ccccc2)C1. The molecule has 0 bridgehead atoms. The van der Waals surface area contributed by atoms with Crippen LogP contribution in [-0.2, 0) is 6.42 Å². The maximum atomic E-state index is 4.69. The third-order valence-corrected chi connectivity index (χ3v) is 4.68. The highest BCUT2D eigenvalue weighted by Crippen LogP contribution is 2.30. The van der Waals surface area contributed by atoms with E-state index in [1.54, 1.807) is 0 Å². The quantitative estimate of drug-likeness (QED) is 0.680. The number of benzene rings is 1. The molecule has 2 aliphatic rings. The van der Waals surface area contributed by atoms with Crippen molar-refractivity contribution in [2.45, 2.75) is 39.2 Å². The first-order valence-electron chi connectivity index (χ1n) is 8.36. The minimum atomic E-state index is 0.656. The predicted molar refractivity (Wildman–Crippen MR) is 88.5 cm³/mol. The fourth-order valence-electron chi connectivity index (χ4n) is 3.21. The van der Waals surface area contributed by atoms with Gasteiger partial charge in [-0.1, -0.05) is 37.3 Å². The van der Waals surface area contributed by atoms with Gasteiger partial charge >= 0.3 is 0 Å². The normalized spacial score (nSPS) is 28.8. The molecule has 1 saturated carbocycles. The average molecular weight is 285 g/mol. The number of nitrogens with zero attached hydrogens (tertiary/aromatic N) is 2. The summed E-state index contributed by atoms with van der Waals surface area (Å²) in [5.74, 6) is 2.71. The topological polar surface area (TPSA) is 27.6 Å². The van der Waals surface area contributed by atoms with Crippen LogP contribution in [0.25, 0.3) is 0 Å². The second-order valence-electron chi connectivity index (χ2n) is 6.55. The van der Waals surface area contributed by atoms with Crippen LogP contribution in [0.3, 0.4) is 0 Å². The molecule has 3 unspecified atom stereocenters. The van der Waals surface area contributed by atoms with Crippen molar-refractivity contribution in [3.63, 3.8) is 0 Å². The van der Waals surface area contributed by atoms with Gasteiger partial charge in [-0.25, -0.2) is 0 Å². The lowest BCUT2D eigenvalue weighted by Gasteiger charge is -2.22. The minimum Gasteiger partial charge on any atom is -0.353 e. The Kier molecular flexibility index (Phi) is 4.47. The molecule has 3 heteroatoms. The number of nitrogens with one attached hydrogen (secondary N) is 1. The van der Waals surface area contributed by atoms with Crippen LogP contribution in [0.5, 0.6) is 0 Å². The highest BCUT2D eigenvalue weighted by Gasteiger charge is 2.35. The van der Waals surface area contributed by atoms with E-state index >= 15 is 0 Å². The first-order valence-corrected chi connectivity index (χ1v) is 8.36. The molecule has 1 aliphatic carbocycles. The van der Waals surface area contributed by atoms with Gasteiger partial charge in [0.05, 0.1) is 0 Å². The van der Waals surface area contributed by atoms with Crippen molar-refractivity contribution >= 4 is 5.96 Å². The van der Waals surface area contributed by atoms with Crippen LogP contribution in [0.1, 0.15) is 32.3 Å². The average Bonchev–Trinajstić information content (AvgIpc) is 2.99. The van der Waals surface area contributed by atoms with Gasteiger partial charge in [0.25, 0.3) is 0 Å². The Morgan fingerprint density at radius 1 is 1.33 bits per heavy atom. The zero-order valence-corrected chi connectivity index (χ0v) is 13.3. The number of aliphatic imine (C=N–C) groups is 1. The summed E-state index contributed by atoms with van der Waals surface area (Å²) in [6.07, 6.45) is 3.76. The van der Waals surface area contributed by atoms with E-state index in [1.807, 2.05) is 0 Å². The zero-order chi connectivity index (χ0) is 14.7. The third-order valence-electron chi connectivity index (χ3n) is 4.68. The molecule has 21 heavy (non-hydrogen) atoms. The lowest BCUT2D eigenvalue weighted by Crippen LogP contribution is -2.41. The number of rotatable bonds is 4. The Balaban J connectivity index is 1.56. The lowest BCUT2D eigenvalue weighted by molar-refractivity contribution is 0.457. The summed E-state index contributed by atoms with van der Waals surface area (Å²) in [5.41, 5.74) is 1.46. The molecule has 0 amide bonds. The van der Waals surface area contributed by atoms with E-state index in [1.165, 1.54) is 24.8 Å². The molecule has 0 radical (unpaired) electrons. The summed E-state index contributed by atoms with van der Waals surface area (Å²) < 4.78 is 0. The van der Waals surface area contributed by atoms with Crippen LogP contribution < -0.4 is 5.32 Å². The summed E-state index contributed by atoms with van der Waals surface area (Å²) >= 11 is 0. The lowest BCUT2D eigenvalue weighted by atomic mass is 9.99. The van der Waals surface area contributed by atoms with E-state index in [4.69, 9.17) is 4.99 Å². The molecule has 1 aromatic rings. The summed E-state index contributed by atoms with van der Waals surface area (Å²) in [6, 6.07) is 11.5. The van der Waals surface area contributed by atoms with E-state index in [2.05, 4.69) is 54.4 Å². The maximum absolute atomic E-state index is 4.69. The summed E-state index contributed by atoms with van der Waals surface area (Å²) in [4.78, 5) is 7.15. The molecular formula is C18H27N3. The molecule has 1 aliphatic heterocycles. The molecule has 114 valence electrons. The summed E-state index contributed by atoms with van der Waals surface area (Å²) in [6.45, 7) is 7.58. The van der Waals surface area contributed by atoms with Crippen molar-refractivity contribution in [2.24, 2.45) is 16.8 Å². The highest BCUT2D eigenvalue weighted by atomic mass is 15.3. The van der Waals surface area contributed by atoms with Crippen molar-refractivity contribution in [1.29, 1.82) is 0 Å². The molecular weight excluding hydrogens is 258 g/mol. The molecule has 1 saturated heterocycles. The molecule has 3 rings (SSSR count). The summed E-state index contributed by atoms with van der Waals surface area (Å²) in [5, 5.41) is 3.64. The van der Waals surface area contributed by atoms with Gasteiger partial charge in [-0.3, -0.25) is 4.99 Å². The maximum Gasteiger partial charge on any atom is 0.194 e. The standard InChI is InChI=1S/C18H27N3/c1-3-19-18(20-17-11-14(17)2)21-10-9-16(13-21)12-15-7-5-4-6-8-15/h4-8,14,16-17H,3,9-13H2,1-2H3,(H,19,20). The van der Waals surface area contributed by atoms with E-state index < -0.39 is 0 Å². The van der Waals surface area contributed by atoms with Gasteiger partial charge in [0.15, 0.2) is 5.96 Å². The van der Waals surface area contributed by atoms with E-state index in [0.29, 0.717) is 6.04 Å². The van der Waals surface area contributed by atoms with Crippen molar-refractivity contribution in [2.75, 3.05) is 19.6 Å². The van der Waals surface area contributed by atoms with Gasteiger partial charge in [-0.15, -0.1) is 0 Å². The number of hydrogen-bond acceptors (Lipinski definition) is 1. The second-order valence-corrected chi connectivity index (χ2v) is 6.55. The largest absolute Gasteiger partial charge is 0.353 e.